The summed E-state index contributed by atoms with van der Waals surface area (Å²) in [5.74, 6) is 0.291. The van der Waals surface area contributed by atoms with E-state index in [0.717, 1.165) is 17.5 Å². The molecular weight excluding hydrogens is 236 g/mol. The Balaban J connectivity index is 2.24. The van der Waals surface area contributed by atoms with Crippen LogP contribution < -0.4 is 5.32 Å². The lowest BCUT2D eigenvalue weighted by molar-refractivity contribution is 0.102. The fourth-order valence-corrected chi connectivity index (χ4v) is 1.99. The van der Waals surface area contributed by atoms with E-state index in [0.29, 0.717) is 11.6 Å². The largest absolute Gasteiger partial charge is 0.321 e. The van der Waals surface area contributed by atoms with Crippen LogP contribution >= 0.6 is 0 Å². The van der Waals surface area contributed by atoms with Crippen molar-refractivity contribution in [1.29, 1.82) is 0 Å². The summed E-state index contributed by atoms with van der Waals surface area (Å²) in [4.78, 5) is 16.3. The molecule has 1 amide bonds. The van der Waals surface area contributed by atoms with Gasteiger partial charge in [-0.2, -0.15) is 0 Å². The Morgan fingerprint density at radius 1 is 1.26 bits per heavy atom. The molecule has 3 nitrogen and oxygen atoms in total. The fraction of sp³-hybridized carbons (Fsp3) is 0.250. The third-order valence-electron chi connectivity index (χ3n) is 3.27. The second-order valence-electron chi connectivity index (χ2n) is 4.59. The van der Waals surface area contributed by atoms with Crippen molar-refractivity contribution in [2.75, 3.05) is 5.32 Å². The predicted octanol–water partition coefficient (Wildman–Crippen LogP) is 3.85. The Kier molecular flexibility index (Phi) is 4.29. The summed E-state index contributed by atoms with van der Waals surface area (Å²) < 4.78 is 0. The smallest absolute Gasteiger partial charge is 0.255 e. The number of nitrogens with zero attached hydrogens (tertiary/aromatic N) is 1. The van der Waals surface area contributed by atoms with Gasteiger partial charge in [-0.15, -0.1) is 0 Å². The lowest BCUT2D eigenvalue weighted by Crippen LogP contribution is -2.15. The quantitative estimate of drug-likeness (QED) is 0.900. The van der Waals surface area contributed by atoms with E-state index in [9.17, 15) is 4.79 Å². The lowest BCUT2D eigenvalue weighted by atomic mass is 9.93. The molecule has 1 aromatic carbocycles. The van der Waals surface area contributed by atoms with Crippen molar-refractivity contribution in [3.05, 3.63) is 59.9 Å². The first-order valence-corrected chi connectivity index (χ1v) is 6.52. The summed E-state index contributed by atoms with van der Waals surface area (Å²) in [6.07, 6.45) is 4.34. The molecule has 1 heterocycles. The third-order valence-corrected chi connectivity index (χ3v) is 3.27. The van der Waals surface area contributed by atoms with Crippen LogP contribution in [0.2, 0.25) is 0 Å². The summed E-state index contributed by atoms with van der Waals surface area (Å²) in [6, 6.07) is 11.4. The van der Waals surface area contributed by atoms with E-state index in [1.165, 1.54) is 0 Å². The Bertz CT molecular complexity index is 552. The first-order chi connectivity index (χ1) is 9.22. The van der Waals surface area contributed by atoms with Crippen LogP contribution in [0.25, 0.3) is 0 Å². The standard InChI is InChI=1S/C16H18N2O/c1-3-12(2)14-8-4-5-9-15(14)16(19)18-13-7-6-10-17-11-13/h4-12H,3H2,1-2H3,(H,18,19). The van der Waals surface area contributed by atoms with E-state index in [1.54, 1.807) is 18.5 Å². The molecule has 2 rings (SSSR count). The number of amides is 1. The van der Waals surface area contributed by atoms with Gasteiger partial charge in [-0.05, 0) is 36.1 Å². The van der Waals surface area contributed by atoms with Gasteiger partial charge >= 0.3 is 0 Å². The lowest BCUT2D eigenvalue weighted by Gasteiger charge is -2.14. The molecule has 0 aliphatic carbocycles. The topological polar surface area (TPSA) is 42.0 Å². The molecular formula is C16H18N2O. The number of rotatable bonds is 4. The van der Waals surface area contributed by atoms with Crippen LogP contribution in [0.4, 0.5) is 5.69 Å². The number of hydrogen-bond acceptors (Lipinski definition) is 2. The molecule has 3 heteroatoms. The van der Waals surface area contributed by atoms with Crippen LogP contribution in [-0.2, 0) is 0 Å². The third kappa shape index (κ3) is 3.19. The number of anilines is 1. The van der Waals surface area contributed by atoms with Crippen LogP contribution in [0.3, 0.4) is 0 Å². The van der Waals surface area contributed by atoms with Gasteiger partial charge in [0.15, 0.2) is 0 Å². The number of carbonyl (C=O) groups excluding carboxylic acids is 1. The highest BCUT2D eigenvalue weighted by Crippen LogP contribution is 2.23. The zero-order valence-corrected chi connectivity index (χ0v) is 11.3. The molecule has 0 saturated heterocycles. The summed E-state index contributed by atoms with van der Waals surface area (Å²) in [5.41, 5.74) is 2.54. The molecule has 0 bridgehead atoms. The van der Waals surface area contributed by atoms with Gasteiger partial charge in [0, 0.05) is 11.8 Å². The molecule has 19 heavy (non-hydrogen) atoms. The van der Waals surface area contributed by atoms with Crippen molar-refractivity contribution in [2.45, 2.75) is 26.2 Å². The minimum atomic E-state index is -0.0797. The van der Waals surface area contributed by atoms with Gasteiger partial charge in [0.05, 0.1) is 11.9 Å². The van der Waals surface area contributed by atoms with Gasteiger partial charge in [-0.25, -0.2) is 0 Å². The van der Waals surface area contributed by atoms with Crippen LogP contribution in [0.15, 0.2) is 48.8 Å². The summed E-state index contributed by atoms with van der Waals surface area (Å²) in [7, 11) is 0. The summed E-state index contributed by atoms with van der Waals surface area (Å²) in [5, 5.41) is 2.88. The number of carbonyl (C=O) groups is 1. The molecule has 0 radical (unpaired) electrons. The number of hydrogen-bond donors (Lipinski definition) is 1. The normalized spacial score (nSPS) is 11.9. The van der Waals surface area contributed by atoms with Gasteiger partial charge < -0.3 is 5.32 Å². The SMILES string of the molecule is CCC(C)c1ccccc1C(=O)Nc1cccnc1. The Morgan fingerprint density at radius 3 is 2.74 bits per heavy atom. The van der Waals surface area contributed by atoms with Crippen molar-refractivity contribution in [1.82, 2.24) is 4.98 Å². The number of benzene rings is 1. The van der Waals surface area contributed by atoms with Crippen molar-refractivity contribution in [2.24, 2.45) is 0 Å². The molecule has 1 unspecified atom stereocenters. The maximum atomic E-state index is 12.3. The molecule has 0 spiro atoms. The molecule has 98 valence electrons. The van der Waals surface area contributed by atoms with Crippen molar-refractivity contribution >= 4 is 11.6 Å². The molecule has 2 aromatic rings. The van der Waals surface area contributed by atoms with Crippen molar-refractivity contribution in [3.63, 3.8) is 0 Å². The van der Waals surface area contributed by atoms with Crippen LogP contribution in [0, 0.1) is 0 Å². The van der Waals surface area contributed by atoms with E-state index in [2.05, 4.69) is 24.1 Å². The van der Waals surface area contributed by atoms with Gasteiger partial charge in [0.25, 0.3) is 5.91 Å². The highest BCUT2D eigenvalue weighted by atomic mass is 16.1. The molecule has 0 fully saturated rings. The van der Waals surface area contributed by atoms with Gasteiger partial charge in [0.1, 0.15) is 0 Å². The summed E-state index contributed by atoms with van der Waals surface area (Å²) in [6.45, 7) is 4.26. The van der Waals surface area contributed by atoms with E-state index < -0.39 is 0 Å². The van der Waals surface area contributed by atoms with Gasteiger partial charge in [-0.3, -0.25) is 9.78 Å². The number of nitrogens with one attached hydrogen (secondary N) is 1. The van der Waals surface area contributed by atoms with Gasteiger partial charge in [0.2, 0.25) is 0 Å². The maximum absolute atomic E-state index is 12.3. The zero-order valence-electron chi connectivity index (χ0n) is 11.3. The van der Waals surface area contributed by atoms with E-state index in [-0.39, 0.29) is 5.91 Å². The Labute approximate surface area is 113 Å². The van der Waals surface area contributed by atoms with E-state index in [4.69, 9.17) is 0 Å². The van der Waals surface area contributed by atoms with Crippen LogP contribution in [0.1, 0.15) is 42.1 Å². The van der Waals surface area contributed by atoms with Crippen LogP contribution in [-0.4, -0.2) is 10.9 Å². The van der Waals surface area contributed by atoms with Crippen LogP contribution in [0.5, 0.6) is 0 Å². The Morgan fingerprint density at radius 2 is 2.05 bits per heavy atom. The number of aromatic nitrogens is 1. The second kappa shape index (κ2) is 6.14. The average molecular weight is 254 g/mol. The molecule has 0 aliphatic rings. The Hall–Kier alpha value is -2.16. The predicted molar refractivity (Wildman–Crippen MR) is 77.3 cm³/mol. The van der Waals surface area contributed by atoms with Crippen molar-refractivity contribution in [3.8, 4) is 0 Å². The maximum Gasteiger partial charge on any atom is 0.255 e. The molecule has 1 atom stereocenters. The van der Waals surface area contributed by atoms with Gasteiger partial charge in [-0.1, -0.05) is 32.0 Å². The second-order valence-corrected chi connectivity index (χ2v) is 4.59. The first kappa shape index (κ1) is 13.3. The monoisotopic (exact) mass is 254 g/mol. The zero-order chi connectivity index (χ0) is 13.7. The van der Waals surface area contributed by atoms with E-state index in [1.807, 2.05) is 30.3 Å². The van der Waals surface area contributed by atoms with E-state index >= 15 is 0 Å². The minimum absolute atomic E-state index is 0.0797. The molecule has 1 aromatic heterocycles. The average Bonchev–Trinajstić information content (AvgIpc) is 2.47. The van der Waals surface area contributed by atoms with Crippen molar-refractivity contribution < 1.29 is 4.79 Å². The molecule has 0 aliphatic heterocycles. The number of pyridine rings is 1. The molecule has 0 saturated carbocycles. The summed E-state index contributed by atoms with van der Waals surface area (Å²) >= 11 is 0. The first-order valence-electron chi connectivity index (χ1n) is 6.52. The highest BCUT2D eigenvalue weighted by Gasteiger charge is 2.14. The highest BCUT2D eigenvalue weighted by molar-refractivity contribution is 6.05. The molecule has 1 N–H and O–H groups in total. The fourth-order valence-electron chi connectivity index (χ4n) is 1.99. The minimum Gasteiger partial charge on any atom is -0.321 e.